The first-order valence-corrected chi connectivity index (χ1v) is 2.08. The van der Waals surface area contributed by atoms with Gasteiger partial charge in [0.15, 0.2) is 5.83 Å². The average molecular weight is 115 g/mol. The van der Waals surface area contributed by atoms with Crippen LogP contribution in [0, 0.1) is 0 Å². The number of nitrogens with zero attached hydrogens (tertiary/aromatic N) is 1. The SMILES string of the molecule is FC1=C=CC=NC1F. The zero-order valence-electron chi connectivity index (χ0n) is 3.94. The molecule has 1 atom stereocenters. The second kappa shape index (κ2) is 1.88. The van der Waals surface area contributed by atoms with Gasteiger partial charge in [0.2, 0.25) is 6.30 Å². The van der Waals surface area contributed by atoms with E-state index in [1.807, 2.05) is 5.73 Å². The van der Waals surface area contributed by atoms with Crippen molar-refractivity contribution in [1.82, 2.24) is 0 Å². The van der Waals surface area contributed by atoms with Crippen molar-refractivity contribution in [2.45, 2.75) is 6.30 Å². The Balaban J connectivity index is 2.89. The summed E-state index contributed by atoms with van der Waals surface area (Å²) in [5, 5.41) is 0. The Hall–Kier alpha value is -0.950. The van der Waals surface area contributed by atoms with Gasteiger partial charge in [0.05, 0.1) is 0 Å². The van der Waals surface area contributed by atoms with Crippen LogP contribution in [0.1, 0.15) is 0 Å². The van der Waals surface area contributed by atoms with Gasteiger partial charge in [0, 0.05) is 12.3 Å². The van der Waals surface area contributed by atoms with Crippen molar-refractivity contribution in [2.75, 3.05) is 0 Å². The molecular formula is C5H3F2N. The van der Waals surface area contributed by atoms with Crippen molar-refractivity contribution >= 4 is 6.21 Å². The third kappa shape index (κ3) is 0.820. The van der Waals surface area contributed by atoms with Crippen LogP contribution in [0.2, 0.25) is 0 Å². The van der Waals surface area contributed by atoms with E-state index in [1.54, 1.807) is 0 Å². The normalized spacial score (nSPS) is 25.8. The summed E-state index contributed by atoms with van der Waals surface area (Å²) in [4.78, 5) is 3.09. The van der Waals surface area contributed by atoms with Gasteiger partial charge in [-0.2, -0.15) is 4.39 Å². The van der Waals surface area contributed by atoms with E-state index in [0.29, 0.717) is 0 Å². The summed E-state index contributed by atoms with van der Waals surface area (Å²) in [5.41, 5.74) is 2.03. The Kier molecular flexibility index (Phi) is 1.22. The van der Waals surface area contributed by atoms with E-state index in [2.05, 4.69) is 4.99 Å². The van der Waals surface area contributed by atoms with Gasteiger partial charge in [-0.15, -0.1) is 0 Å². The maximum Gasteiger partial charge on any atom is 0.248 e. The molecule has 0 amide bonds. The molecule has 1 aliphatic heterocycles. The van der Waals surface area contributed by atoms with Gasteiger partial charge < -0.3 is 0 Å². The Morgan fingerprint density at radius 3 is 2.88 bits per heavy atom. The largest absolute Gasteiger partial charge is 0.249 e. The topological polar surface area (TPSA) is 12.4 Å². The highest BCUT2D eigenvalue weighted by Crippen LogP contribution is 2.09. The predicted octanol–water partition coefficient (Wildman–Crippen LogP) is 1.37. The van der Waals surface area contributed by atoms with Crippen molar-refractivity contribution in [3.63, 3.8) is 0 Å². The molecule has 0 aromatic carbocycles. The van der Waals surface area contributed by atoms with E-state index in [0.717, 1.165) is 0 Å². The molecule has 8 heavy (non-hydrogen) atoms. The molecule has 3 heteroatoms. The summed E-state index contributed by atoms with van der Waals surface area (Å²) < 4.78 is 23.7. The van der Waals surface area contributed by atoms with E-state index in [-0.39, 0.29) is 0 Å². The summed E-state index contributed by atoms with van der Waals surface area (Å²) in [6, 6.07) is 0. The summed E-state index contributed by atoms with van der Waals surface area (Å²) in [6.07, 6.45) is 0.582. The zero-order valence-corrected chi connectivity index (χ0v) is 3.94. The Morgan fingerprint density at radius 2 is 2.50 bits per heavy atom. The minimum atomic E-state index is -1.82. The summed E-state index contributed by atoms with van der Waals surface area (Å²) in [6.45, 7) is 0. The molecule has 1 nitrogen and oxygen atoms in total. The van der Waals surface area contributed by atoms with Gasteiger partial charge in [-0.3, -0.25) is 0 Å². The van der Waals surface area contributed by atoms with Crippen LogP contribution in [0.25, 0.3) is 0 Å². The van der Waals surface area contributed by atoms with E-state index < -0.39 is 12.1 Å². The monoisotopic (exact) mass is 115 g/mol. The quantitative estimate of drug-likeness (QED) is 0.334. The molecule has 0 spiro atoms. The van der Waals surface area contributed by atoms with E-state index in [9.17, 15) is 8.78 Å². The van der Waals surface area contributed by atoms with Crippen LogP contribution < -0.4 is 0 Å². The number of halogens is 2. The number of hydrogen-bond donors (Lipinski definition) is 0. The molecule has 0 fully saturated rings. The van der Waals surface area contributed by atoms with Crippen LogP contribution in [0.3, 0.4) is 0 Å². The fraction of sp³-hybridized carbons (Fsp3) is 0.200. The third-order valence-corrected chi connectivity index (χ3v) is 0.722. The molecule has 1 aliphatic rings. The lowest BCUT2D eigenvalue weighted by Crippen LogP contribution is -1.97. The number of rotatable bonds is 0. The van der Waals surface area contributed by atoms with Gasteiger partial charge in [0.1, 0.15) is 0 Å². The fourth-order valence-electron chi connectivity index (χ4n) is 0.370. The van der Waals surface area contributed by atoms with Crippen LogP contribution in [0.5, 0.6) is 0 Å². The number of alkyl halides is 1. The van der Waals surface area contributed by atoms with Crippen LogP contribution >= 0.6 is 0 Å². The van der Waals surface area contributed by atoms with Crippen molar-refractivity contribution < 1.29 is 8.78 Å². The molecule has 0 saturated heterocycles. The molecule has 0 saturated carbocycles. The molecule has 1 heterocycles. The first kappa shape index (κ1) is 5.19. The molecular weight excluding hydrogens is 112 g/mol. The molecule has 1 unspecified atom stereocenters. The standard InChI is InChI=1S/C5H3F2N/c6-4-2-1-3-8-5(4)7/h1,3,5H. The van der Waals surface area contributed by atoms with Gasteiger partial charge in [-0.1, -0.05) is 5.73 Å². The first-order valence-electron chi connectivity index (χ1n) is 2.08. The van der Waals surface area contributed by atoms with Crippen molar-refractivity contribution in [3.8, 4) is 0 Å². The van der Waals surface area contributed by atoms with Gasteiger partial charge >= 0.3 is 0 Å². The van der Waals surface area contributed by atoms with Crippen molar-refractivity contribution in [2.24, 2.45) is 4.99 Å². The minimum absolute atomic E-state index is 0.951. The lowest BCUT2D eigenvalue weighted by molar-refractivity contribution is 0.338. The van der Waals surface area contributed by atoms with E-state index in [4.69, 9.17) is 0 Å². The predicted molar refractivity (Wildman–Crippen MR) is 26.1 cm³/mol. The number of hydrogen-bond acceptors (Lipinski definition) is 1. The second-order valence-corrected chi connectivity index (χ2v) is 1.29. The molecule has 0 bridgehead atoms. The van der Waals surface area contributed by atoms with Crippen LogP contribution in [-0.2, 0) is 0 Å². The van der Waals surface area contributed by atoms with Gasteiger partial charge in [0.25, 0.3) is 0 Å². The van der Waals surface area contributed by atoms with Crippen LogP contribution in [0.4, 0.5) is 8.78 Å². The summed E-state index contributed by atoms with van der Waals surface area (Å²) in [7, 11) is 0. The maximum absolute atomic E-state index is 11.9. The lowest BCUT2D eigenvalue weighted by Gasteiger charge is -1.96. The highest BCUT2D eigenvalue weighted by Gasteiger charge is 2.09. The summed E-state index contributed by atoms with van der Waals surface area (Å²) in [5.74, 6) is -0.951. The van der Waals surface area contributed by atoms with Gasteiger partial charge in [-0.25, -0.2) is 9.38 Å². The zero-order chi connectivity index (χ0) is 5.98. The Labute approximate surface area is 45.0 Å². The fourth-order valence-corrected chi connectivity index (χ4v) is 0.370. The molecule has 0 radical (unpaired) electrons. The molecule has 0 aliphatic carbocycles. The molecule has 0 aromatic heterocycles. The highest BCUT2D eigenvalue weighted by molar-refractivity contribution is 5.72. The van der Waals surface area contributed by atoms with Gasteiger partial charge in [-0.05, 0) is 0 Å². The first-order chi connectivity index (χ1) is 3.80. The van der Waals surface area contributed by atoms with E-state index >= 15 is 0 Å². The van der Waals surface area contributed by atoms with Crippen molar-refractivity contribution in [3.05, 3.63) is 17.6 Å². The average Bonchev–Trinajstić information content (AvgIpc) is 1.77. The Bertz CT molecular complexity index is 177. The molecule has 42 valence electrons. The van der Waals surface area contributed by atoms with E-state index in [1.165, 1.54) is 12.3 Å². The number of aliphatic imine (C=N–C) groups is 1. The molecule has 0 aromatic rings. The molecule has 0 N–H and O–H groups in total. The van der Waals surface area contributed by atoms with Crippen LogP contribution in [0.15, 0.2) is 22.6 Å². The van der Waals surface area contributed by atoms with Crippen LogP contribution in [-0.4, -0.2) is 12.5 Å². The third-order valence-electron chi connectivity index (χ3n) is 0.722. The van der Waals surface area contributed by atoms with Crippen molar-refractivity contribution in [1.29, 1.82) is 0 Å². The minimum Gasteiger partial charge on any atom is -0.249 e. The summed E-state index contributed by atoms with van der Waals surface area (Å²) >= 11 is 0. The lowest BCUT2D eigenvalue weighted by atomic mass is 10.4. The highest BCUT2D eigenvalue weighted by atomic mass is 19.2. The maximum atomic E-state index is 11.9. The smallest absolute Gasteiger partial charge is 0.248 e. The second-order valence-electron chi connectivity index (χ2n) is 1.29. The molecule has 1 rings (SSSR count). The Morgan fingerprint density at radius 1 is 1.75 bits per heavy atom.